The van der Waals surface area contributed by atoms with Gasteiger partial charge in [0.15, 0.2) is 0 Å². The third kappa shape index (κ3) is 8.80. The molecule has 1 saturated carbocycles. The van der Waals surface area contributed by atoms with Crippen molar-refractivity contribution in [3.63, 3.8) is 0 Å². The summed E-state index contributed by atoms with van der Waals surface area (Å²) >= 11 is 0. The van der Waals surface area contributed by atoms with Gasteiger partial charge in [0.25, 0.3) is 11.8 Å². The van der Waals surface area contributed by atoms with Crippen molar-refractivity contribution in [2.45, 2.75) is 55.1 Å². The highest BCUT2D eigenvalue weighted by Gasteiger charge is 2.35. The molecule has 2 fully saturated rings. The fourth-order valence-corrected chi connectivity index (χ4v) is 8.53. The Morgan fingerprint density at radius 1 is 0.815 bits per heavy atom. The number of benzene rings is 2. The topological polar surface area (TPSA) is 252 Å². The summed E-state index contributed by atoms with van der Waals surface area (Å²) in [4.78, 5) is 23.8. The molecule has 3 heterocycles. The summed E-state index contributed by atoms with van der Waals surface area (Å²) in [6.45, 7) is 0.735. The molecule has 20 heteroatoms. The van der Waals surface area contributed by atoms with Crippen LogP contribution in [-0.4, -0.2) is 100 Å². The van der Waals surface area contributed by atoms with E-state index < -0.39 is 53.8 Å². The van der Waals surface area contributed by atoms with E-state index in [9.17, 15) is 36.6 Å². The number of hydrogen-bond acceptors (Lipinski definition) is 14. The molecule has 4 aromatic rings. The van der Waals surface area contributed by atoms with E-state index in [0.717, 1.165) is 4.68 Å². The molecule has 1 saturated heterocycles. The largest absolute Gasteiger partial charge is 0.497 e. The molecule has 0 bridgehead atoms. The number of carboxylic acids is 2. The summed E-state index contributed by atoms with van der Waals surface area (Å²) in [5.74, 6) is 2.39. The SMILES string of the molecule is COc1cc(C#CS(=O)(=O)C2CCCC(n3nnc(Oc4ccc(C#CS(=O)(=O)C5CCOCC5)cc4)c3C(=O)O)C2)cc(Oc2nn[nH]c2C(=O)O)c1. The molecule has 282 valence electrons. The standard InChI is InChI=1S/C34H32N6O12S2/c1-49-25-17-22(18-26(20-25)52-31-29(33(41)42)35-38-36-31)12-16-54(47,48)28-4-2-3-23(19-28)40-30(34(43)44)32(37-39-40)51-24-7-5-21(6-8-24)11-15-53(45,46)27-9-13-50-14-10-27/h5-8,17-18,20,23,27-28H,2-4,9-10,13-14,19H2,1H3,(H,41,42)(H,43,44)(H,35,36,38). The fourth-order valence-electron chi connectivity index (χ4n) is 5.91. The minimum atomic E-state index is -4.06. The van der Waals surface area contributed by atoms with Crippen molar-refractivity contribution in [3.05, 3.63) is 65.0 Å². The van der Waals surface area contributed by atoms with Crippen molar-refractivity contribution in [2.24, 2.45) is 0 Å². The van der Waals surface area contributed by atoms with E-state index in [-0.39, 0.29) is 53.1 Å². The third-order valence-corrected chi connectivity index (χ3v) is 12.1. The lowest BCUT2D eigenvalue weighted by atomic mass is 9.95. The molecular weight excluding hydrogens is 749 g/mol. The molecule has 0 amide bonds. The minimum Gasteiger partial charge on any atom is -0.497 e. The average Bonchev–Trinajstić information content (AvgIpc) is 3.82. The Morgan fingerprint density at radius 2 is 1.48 bits per heavy atom. The van der Waals surface area contributed by atoms with Gasteiger partial charge in [0.05, 0.1) is 23.7 Å². The molecule has 1 aliphatic heterocycles. The van der Waals surface area contributed by atoms with Crippen LogP contribution in [0.15, 0.2) is 42.5 Å². The van der Waals surface area contributed by atoms with Crippen molar-refractivity contribution in [2.75, 3.05) is 20.3 Å². The maximum atomic E-state index is 13.5. The number of aromatic amines is 1. The van der Waals surface area contributed by atoms with E-state index in [1.165, 1.54) is 49.6 Å². The molecule has 54 heavy (non-hydrogen) atoms. The lowest BCUT2D eigenvalue weighted by Crippen LogP contribution is -2.30. The van der Waals surface area contributed by atoms with Gasteiger partial charge in [-0.1, -0.05) is 26.5 Å². The number of rotatable bonds is 10. The van der Waals surface area contributed by atoms with Gasteiger partial charge in [0.2, 0.25) is 31.1 Å². The van der Waals surface area contributed by atoms with E-state index in [0.29, 0.717) is 44.5 Å². The van der Waals surface area contributed by atoms with E-state index in [2.05, 4.69) is 48.1 Å². The summed E-state index contributed by atoms with van der Waals surface area (Å²) in [6, 6.07) is 9.63. The van der Waals surface area contributed by atoms with Crippen LogP contribution in [0.5, 0.6) is 29.0 Å². The van der Waals surface area contributed by atoms with Crippen LogP contribution in [0.1, 0.15) is 76.7 Å². The van der Waals surface area contributed by atoms with Crippen LogP contribution in [0.25, 0.3) is 0 Å². The predicted molar refractivity (Wildman–Crippen MR) is 187 cm³/mol. The highest BCUT2D eigenvalue weighted by molar-refractivity contribution is 7.96. The van der Waals surface area contributed by atoms with Crippen molar-refractivity contribution < 1.29 is 55.6 Å². The van der Waals surface area contributed by atoms with Gasteiger partial charge in [0.1, 0.15) is 17.2 Å². The summed E-state index contributed by atoms with van der Waals surface area (Å²) in [5.41, 5.74) is -0.182. The first-order chi connectivity index (χ1) is 25.8. The van der Waals surface area contributed by atoms with Crippen molar-refractivity contribution >= 4 is 31.6 Å². The predicted octanol–water partition coefficient (Wildman–Crippen LogP) is 3.20. The number of nitrogens with zero attached hydrogens (tertiary/aromatic N) is 5. The zero-order chi connectivity index (χ0) is 38.5. The van der Waals surface area contributed by atoms with Gasteiger partial charge in [-0.25, -0.2) is 36.2 Å². The lowest BCUT2D eigenvalue weighted by molar-refractivity contribution is 0.0668. The normalized spacial score (nSPS) is 17.6. The third-order valence-electron chi connectivity index (χ3n) is 8.66. The number of carboxylic acid groups (broad SMARTS) is 2. The van der Waals surface area contributed by atoms with Crippen LogP contribution in [-0.2, 0) is 24.4 Å². The van der Waals surface area contributed by atoms with E-state index >= 15 is 0 Å². The van der Waals surface area contributed by atoms with Crippen molar-refractivity contribution in [3.8, 4) is 51.4 Å². The molecule has 18 nitrogen and oxygen atoms in total. The van der Waals surface area contributed by atoms with Gasteiger partial charge in [-0.15, -0.1) is 0 Å². The highest BCUT2D eigenvalue weighted by Crippen LogP contribution is 2.35. The number of aromatic carboxylic acids is 2. The summed E-state index contributed by atoms with van der Waals surface area (Å²) in [7, 11) is -6.33. The number of carbonyl (C=O) groups is 2. The number of H-pyrrole nitrogens is 1. The maximum Gasteiger partial charge on any atom is 0.359 e. The first-order valence-corrected chi connectivity index (χ1v) is 19.5. The highest BCUT2D eigenvalue weighted by atomic mass is 32.2. The first-order valence-electron chi connectivity index (χ1n) is 16.4. The zero-order valence-electron chi connectivity index (χ0n) is 28.5. The van der Waals surface area contributed by atoms with Crippen LogP contribution in [0.4, 0.5) is 0 Å². The molecular formula is C34H32N6O12S2. The number of methoxy groups -OCH3 is 1. The summed E-state index contributed by atoms with van der Waals surface area (Å²) < 4.78 is 75.0. The first kappa shape index (κ1) is 37.8. The van der Waals surface area contributed by atoms with E-state index in [4.69, 9.17) is 18.9 Å². The second kappa shape index (κ2) is 16.0. The number of nitrogens with one attached hydrogen (secondary N) is 1. The quantitative estimate of drug-likeness (QED) is 0.195. The van der Waals surface area contributed by atoms with Gasteiger partial charge in [0, 0.05) is 40.9 Å². The van der Waals surface area contributed by atoms with Crippen LogP contribution in [0.3, 0.4) is 0 Å². The number of sulfone groups is 2. The molecule has 0 radical (unpaired) electrons. The van der Waals surface area contributed by atoms with E-state index in [1.807, 2.05) is 0 Å². The van der Waals surface area contributed by atoms with Crippen molar-refractivity contribution in [1.29, 1.82) is 0 Å². The molecule has 2 aromatic carbocycles. The summed E-state index contributed by atoms with van der Waals surface area (Å²) in [6.07, 6.45) is 1.89. The van der Waals surface area contributed by atoms with E-state index in [1.54, 1.807) is 0 Å². The van der Waals surface area contributed by atoms with Crippen LogP contribution in [0.2, 0.25) is 0 Å². The van der Waals surface area contributed by atoms with Crippen LogP contribution in [0, 0.1) is 22.3 Å². The number of hydrogen-bond donors (Lipinski definition) is 3. The molecule has 2 aromatic heterocycles. The monoisotopic (exact) mass is 780 g/mol. The molecule has 2 atom stereocenters. The van der Waals surface area contributed by atoms with Gasteiger partial charge in [-0.05, 0) is 80.8 Å². The number of ether oxygens (including phenoxy) is 4. The second-order valence-corrected chi connectivity index (χ2v) is 16.1. The molecule has 3 N–H and O–H groups in total. The Morgan fingerprint density at radius 3 is 2.17 bits per heavy atom. The molecule has 2 unspecified atom stereocenters. The molecule has 1 aliphatic carbocycles. The van der Waals surface area contributed by atoms with Gasteiger partial charge < -0.3 is 29.2 Å². The average molecular weight is 781 g/mol. The summed E-state index contributed by atoms with van der Waals surface area (Å²) in [5, 5.41) is 39.7. The minimum absolute atomic E-state index is 0.000838. The Balaban J connectivity index is 1.15. The van der Waals surface area contributed by atoms with Gasteiger partial charge >= 0.3 is 11.9 Å². The smallest absolute Gasteiger partial charge is 0.359 e. The van der Waals surface area contributed by atoms with Crippen LogP contribution < -0.4 is 14.2 Å². The Hall–Kier alpha value is -5.96. The van der Waals surface area contributed by atoms with Gasteiger partial charge in [-0.2, -0.15) is 0 Å². The Bertz CT molecular complexity index is 2400. The van der Waals surface area contributed by atoms with Crippen LogP contribution >= 0.6 is 0 Å². The molecule has 0 spiro atoms. The maximum absolute atomic E-state index is 13.5. The second-order valence-electron chi connectivity index (χ2n) is 12.2. The molecule has 6 rings (SSSR count). The number of aromatic nitrogens is 6. The fraction of sp³-hybridized carbons (Fsp3) is 0.353. The Labute approximate surface area is 308 Å². The molecule has 2 aliphatic rings. The van der Waals surface area contributed by atoms with Gasteiger partial charge in [-0.3, -0.25) is 0 Å². The lowest BCUT2D eigenvalue weighted by Gasteiger charge is -2.27. The zero-order valence-corrected chi connectivity index (χ0v) is 30.1. The van der Waals surface area contributed by atoms with Crippen molar-refractivity contribution in [1.82, 2.24) is 30.4 Å². The Kier molecular flexibility index (Phi) is 11.2.